The van der Waals surface area contributed by atoms with Crippen LogP contribution in [0, 0.1) is 0 Å². The van der Waals surface area contributed by atoms with Gasteiger partial charge in [-0.2, -0.15) is 0 Å². The molecule has 0 bridgehead atoms. The quantitative estimate of drug-likeness (QED) is 0.331. The fraction of sp³-hybridized carbons (Fsp3) is 0.667. The first kappa shape index (κ1) is 19.2. The Morgan fingerprint density at radius 3 is 1.90 bits per heavy atom. The van der Waals surface area contributed by atoms with Gasteiger partial charge in [0.25, 0.3) is 0 Å². The molecule has 0 unspecified atom stereocenters. The molecule has 0 saturated heterocycles. The van der Waals surface area contributed by atoms with Crippen LogP contribution in [0.1, 0.15) is 20.8 Å². The Bertz CT molecular complexity index is 421. The van der Waals surface area contributed by atoms with E-state index in [1.165, 1.54) is 0 Å². The number of ether oxygens (including phenoxy) is 2. The molecule has 0 rings (SSSR count). The smallest absolute Gasteiger partial charge is 0.303 e. The Hall–Kier alpha value is -1.84. The number of carbonyl (C=O) groups excluding carboxylic acids is 4. The Morgan fingerprint density at radius 2 is 1.52 bits per heavy atom. The summed E-state index contributed by atoms with van der Waals surface area (Å²) in [5.74, 6) is -3.48. The predicted molar refractivity (Wildman–Crippen MR) is 67.9 cm³/mol. The third-order valence-corrected chi connectivity index (χ3v) is 2.52. The van der Waals surface area contributed by atoms with Crippen LogP contribution in [-0.2, 0) is 28.7 Å². The van der Waals surface area contributed by atoms with Crippen molar-refractivity contribution in [3.05, 3.63) is 0 Å². The maximum absolute atomic E-state index is 11.4. The average molecular weight is 305 g/mol. The minimum absolute atomic E-state index is 0.534. The van der Waals surface area contributed by atoms with E-state index in [0.29, 0.717) is 0 Å². The monoisotopic (exact) mass is 305 g/mol. The summed E-state index contributed by atoms with van der Waals surface area (Å²) in [6.07, 6.45) is -5.11. The lowest BCUT2D eigenvalue weighted by molar-refractivity contribution is -0.170. The van der Waals surface area contributed by atoms with E-state index >= 15 is 0 Å². The van der Waals surface area contributed by atoms with Gasteiger partial charge in [-0.25, -0.2) is 0 Å². The van der Waals surface area contributed by atoms with Crippen LogP contribution in [0.15, 0.2) is 0 Å². The highest BCUT2D eigenvalue weighted by atomic mass is 16.6. The summed E-state index contributed by atoms with van der Waals surface area (Å²) >= 11 is 0. The average Bonchev–Trinajstić information content (AvgIpc) is 2.39. The van der Waals surface area contributed by atoms with Crippen LogP contribution in [0.25, 0.3) is 0 Å². The molecule has 0 aromatic heterocycles. The number of aliphatic hydroxyl groups excluding tert-OH is 2. The molecule has 0 aromatic carbocycles. The molecule has 0 heterocycles. The molecule has 0 radical (unpaired) electrons. The van der Waals surface area contributed by atoms with Crippen molar-refractivity contribution in [3.63, 3.8) is 0 Å². The third kappa shape index (κ3) is 6.43. The lowest BCUT2D eigenvalue weighted by Crippen LogP contribution is -2.55. The molecule has 0 fully saturated rings. The fourth-order valence-electron chi connectivity index (χ4n) is 1.44. The molecular weight excluding hydrogens is 286 g/mol. The zero-order chi connectivity index (χ0) is 16.7. The van der Waals surface area contributed by atoms with E-state index in [1.54, 1.807) is 0 Å². The van der Waals surface area contributed by atoms with Crippen LogP contribution < -0.4 is 5.73 Å². The van der Waals surface area contributed by atoms with Crippen molar-refractivity contribution in [2.24, 2.45) is 5.73 Å². The molecule has 0 aliphatic heterocycles. The first-order valence-corrected chi connectivity index (χ1v) is 6.05. The van der Waals surface area contributed by atoms with Crippen LogP contribution in [0.4, 0.5) is 0 Å². The number of Topliss-reactive ketones (excluding diaryl/α,β-unsaturated/α-hetero) is 2. The van der Waals surface area contributed by atoms with E-state index in [4.69, 9.17) is 10.5 Å². The first-order valence-electron chi connectivity index (χ1n) is 6.05. The largest absolute Gasteiger partial charge is 0.462 e. The van der Waals surface area contributed by atoms with Crippen molar-refractivity contribution < 1.29 is 38.9 Å². The molecule has 0 aromatic rings. The number of hydrogen-bond donors (Lipinski definition) is 3. The van der Waals surface area contributed by atoms with E-state index in [1.807, 2.05) is 0 Å². The summed E-state index contributed by atoms with van der Waals surface area (Å²) in [5.41, 5.74) is 5.36. The summed E-state index contributed by atoms with van der Waals surface area (Å²) in [7, 11) is 0. The van der Waals surface area contributed by atoms with Gasteiger partial charge in [0.15, 0.2) is 11.9 Å². The van der Waals surface area contributed by atoms with Crippen LogP contribution in [0.5, 0.6) is 0 Å². The molecule has 4 N–H and O–H groups in total. The molecule has 4 atom stereocenters. The minimum atomic E-state index is -1.87. The summed E-state index contributed by atoms with van der Waals surface area (Å²) in [6.45, 7) is 2.57. The highest BCUT2D eigenvalue weighted by Crippen LogP contribution is 2.10. The molecular formula is C12H19NO8. The molecule has 9 heteroatoms. The van der Waals surface area contributed by atoms with Gasteiger partial charge in [-0.1, -0.05) is 0 Å². The van der Waals surface area contributed by atoms with Crippen molar-refractivity contribution >= 4 is 23.5 Å². The predicted octanol–water partition coefficient (Wildman–Crippen LogP) is -2.31. The van der Waals surface area contributed by atoms with E-state index in [0.717, 1.165) is 20.8 Å². The number of nitrogens with two attached hydrogens (primary N) is 1. The van der Waals surface area contributed by atoms with E-state index in [-0.39, 0.29) is 0 Å². The topological polar surface area (TPSA) is 153 Å². The standard InChI is InChI=1S/C12H19NO8/c1-5(14)10(17)9(13)12(19)11(18)8(21-7(3)16)4-20-6(2)15/h8-9,11-12,18-19H,4,13H2,1-3H3/t8-,9+,11-,12-/m1/s1. The SMILES string of the molecule is CC(=O)OC[C@@H](OC(C)=O)[C@@H](O)[C@H](O)[C@@H](N)C(=O)C(C)=O. The third-order valence-electron chi connectivity index (χ3n) is 2.52. The van der Waals surface area contributed by atoms with Gasteiger partial charge in [-0.05, 0) is 0 Å². The number of ketones is 2. The van der Waals surface area contributed by atoms with Crippen LogP contribution >= 0.6 is 0 Å². The van der Waals surface area contributed by atoms with Crippen molar-refractivity contribution in [2.45, 2.75) is 45.1 Å². The van der Waals surface area contributed by atoms with E-state index < -0.39 is 54.5 Å². The number of hydrogen-bond acceptors (Lipinski definition) is 9. The van der Waals surface area contributed by atoms with E-state index in [9.17, 15) is 29.4 Å². The Labute approximate surface area is 121 Å². The molecule has 0 amide bonds. The van der Waals surface area contributed by atoms with Crippen molar-refractivity contribution in [1.29, 1.82) is 0 Å². The Kier molecular flexibility index (Phi) is 7.71. The first-order chi connectivity index (χ1) is 9.57. The van der Waals surface area contributed by atoms with Crippen molar-refractivity contribution in [1.82, 2.24) is 0 Å². The highest BCUT2D eigenvalue weighted by molar-refractivity contribution is 6.38. The second-order valence-corrected chi connectivity index (χ2v) is 4.38. The molecule has 0 spiro atoms. The summed E-state index contributed by atoms with van der Waals surface area (Å²) in [5, 5.41) is 19.7. The molecule has 0 saturated carbocycles. The second-order valence-electron chi connectivity index (χ2n) is 4.38. The second kappa shape index (κ2) is 8.45. The van der Waals surface area contributed by atoms with Gasteiger partial charge in [-0.3, -0.25) is 19.2 Å². The fourth-order valence-corrected chi connectivity index (χ4v) is 1.44. The van der Waals surface area contributed by atoms with Crippen LogP contribution in [0.2, 0.25) is 0 Å². The van der Waals surface area contributed by atoms with Gasteiger partial charge < -0.3 is 25.4 Å². The van der Waals surface area contributed by atoms with Crippen LogP contribution in [0.3, 0.4) is 0 Å². The van der Waals surface area contributed by atoms with Crippen LogP contribution in [-0.4, -0.2) is 64.7 Å². The molecule has 21 heavy (non-hydrogen) atoms. The normalized spacial score (nSPS) is 16.3. The Morgan fingerprint density at radius 1 is 1.00 bits per heavy atom. The maximum Gasteiger partial charge on any atom is 0.303 e. The van der Waals surface area contributed by atoms with Gasteiger partial charge in [0.05, 0.1) is 0 Å². The lowest BCUT2D eigenvalue weighted by atomic mass is 9.97. The molecule has 9 nitrogen and oxygen atoms in total. The maximum atomic E-state index is 11.4. The van der Waals surface area contributed by atoms with Gasteiger partial charge in [0.1, 0.15) is 24.9 Å². The van der Waals surface area contributed by atoms with Gasteiger partial charge in [-0.15, -0.1) is 0 Å². The summed E-state index contributed by atoms with van der Waals surface area (Å²) in [4.78, 5) is 43.9. The number of carbonyl (C=O) groups is 4. The number of aliphatic hydroxyl groups is 2. The minimum Gasteiger partial charge on any atom is -0.462 e. The number of rotatable bonds is 8. The lowest BCUT2D eigenvalue weighted by Gasteiger charge is -2.28. The zero-order valence-corrected chi connectivity index (χ0v) is 11.9. The van der Waals surface area contributed by atoms with Crippen molar-refractivity contribution in [2.75, 3.05) is 6.61 Å². The van der Waals surface area contributed by atoms with Gasteiger partial charge in [0, 0.05) is 20.8 Å². The van der Waals surface area contributed by atoms with Gasteiger partial charge >= 0.3 is 11.9 Å². The Balaban J connectivity index is 4.94. The number of esters is 2. The zero-order valence-electron chi connectivity index (χ0n) is 11.9. The molecule has 120 valence electrons. The van der Waals surface area contributed by atoms with E-state index in [2.05, 4.69) is 4.74 Å². The van der Waals surface area contributed by atoms with Crippen molar-refractivity contribution in [3.8, 4) is 0 Å². The summed E-state index contributed by atoms with van der Waals surface area (Å²) in [6, 6.07) is -1.69. The van der Waals surface area contributed by atoms with Gasteiger partial charge in [0.2, 0.25) is 5.78 Å². The molecule has 0 aliphatic carbocycles. The highest BCUT2D eigenvalue weighted by Gasteiger charge is 2.37. The molecule has 0 aliphatic rings. The summed E-state index contributed by atoms with van der Waals surface area (Å²) < 4.78 is 9.28.